The van der Waals surface area contributed by atoms with Crippen LogP contribution in [0.2, 0.25) is 0 Å². The third-order valence-electron chi connectivity index (χ3n) is 19.9. The van der Waals surface area contributed by atoms with E-state index in [1.165, 1.54) is 101 Å². The van der Waals surface area contributed by atoms with Gasteiger partial charge in [-0.3, -0.25) is 0 Å². The van der Waals surface area contributed by atoms with Crippen LogP contribution in [0.25, 0.3) is 21.9 Å². The Morgan fingerprint density at radius 2 is 0.915 bits per heavy atom. The Hall–Kier alpha value is -6.98. The van der Waals surface area contributed by atoms with Gasteiger partial charge in [-0.2, -0.15) is 0 Å². The summed E-state index contributed by atoms with van der Waals surface area (Å²) in [5.41, 5.74) is 29.2. The Morgan fingerprint density at radius 3 is 1.50 bits per heavy atom. The first-order valence-electron chi connectivity index (χ1n) is 30.5. The molecule has 5 heteroatoms. The third-order valence-corrected chi connectivity index (χ3v) is 19.9. The normalized spacial score (nSPS) is 17.4. The van der Waals surface area contributed by atoms with E-state index in [9.17, 15) is 0 Å². The van der Waals surface area contributed by atoms with Crippen molar-refractivity contribution in [1.82, 2.24) is 0 Å². The molecule has 0 bridgehead atoms. The Morgan fingerprint density at radius 1 is 0.415 bits per heavy atom. The SMILES string of the molecule is Cc1cc2c3c(c1)N(c1cc4c(cc1C)C(C)(C)CCC4(C)C)c1cc4c(cc1B3c1ccc(N(c3ccc(C(C)(C)C)cc3)c3ccc(C(C)(C)C)cc3)cc1N2c1ccc2oc3cc(C(C)(C)C)ccc3c2c1)C(C)(C)CC4(C)C. The molecular formula is C77H86BN3O. The zero-order valence-electron chi connectivity index (χ0n) is 52.7. The zero-order chi connectivity index (χ0) is 58.3. The van der Waals surface area contributed by atoms with Crippen molar-refractivity contribution in [2.45, 2.75) is 189 Å². The largest absolute Gasteiger partial charge is 0.456 e. The molecule has 8 aromatic carbocycles. The smallest absolute Gasteiger partial charge is 0.252 e. The monoisotopic (exact) mass is 1080 g/mol. The lowest BCUT2D eigenvalue weighted by Crippen LogP contribution is -2.61. The number of rotatable bonds is 5. The van der Waals surface area contributed by atoms with Crippen LogP contribution in [0, 0.1) is 13.8 Å². The molecule has 0 saturated carbocycles. The molecular weight excluding hydrogens is 994 g/mol. The van der Waals surface area contributed by atoms with Gasteiger partial charge in [0.05, 0.1) is 0 Å². The number of fused-ring (bicyclic) bond motifs is 9. The molecule has 82 heavy (non-hydrogen) atoms. The standard InChI is InChI=1S/C77H86BN3O/c1-46-36-66-70-67(37-46)81(63-43-59-57(38-47(63)2)74(12,13)34-35-75(59,14)15)65-44-60-58(76(16,17)45-77(60,18)19)42-62(65)78(70)61-32-29-54(79(51-25-20-48(21-26-51)71(3,4)5)52-27-22-49(23-28-52)72(6,7)8)41-64(61)80(66)53-30-33-68-56(40-53)55-31-24-50(73(9,10)11)39-69(55)82-68/h20-33,36-44H,34-35,45H2,1-19H3. The maximum atomic E-state index is 6.77. The first kappa shape index (κ1) is 54.3. The molecule has 4 aliphatic rings. The lowest BCUT2D eigenvalue weighted by atomic mass is 9.33. The van der Waals surface area contributed by atoms with Gasteiger partial charge >= 0.3 is 0 Å². The third kappa shape index (κ3) is 8.51. The minimum Gasteiger partial charge on any atom is -0.456 e. The van der Waals surface area contributed by atoms with E-state index in [1.807, 2.05) is 0 Å². The lowest BCUT2D eigenvalue weighted by Gasteiger charge is -2.46. The first-order valence-corrected chi connectivity index (χ1v) is 30.5. The van der Waals surface area contributed by atoms with Crippen molar-refractivity contribution in [1.29, 1.82) is 0 Å². The summed E-state index contributed by atoms with van der Waals surface area (Å²) in [6.07, 6.45) is 3.44. The molecule has 0 atom stereocenters. The molecule has 0 unspecified atom stereocenters. The summed E-state index contributed by atoms with van der Waals surface area (Å²) in [4.78, 5) is 7.80. The summed E-state index contributed by atoms with van der Waals surface area (Å²) >= 11 is 0. The highest BCUT2D eigenvalue weighted by molar-refractivity contribution is 7.00. The maximum absolute atomic E-state index is 6.77. The van der Waals surface area contributed by atoms with E-state index in [-0.39, 0.29) is 44.6 Å². The molecule has 4 nitrogen and oxygen atoms in total. The van der Waals surface area contributed by atoms with Crippen molar-refractivity contribution >= 4 is 96.2 Å². The van der Waals surface area contributed by atoms with E-state index >= 15 is 0 Å². The minimum atomic E-state index is -0.0461. The van der Waals surface area contributed by atoms with Crippen LogP contribution in [0.3, 0.4) is 0 Å². The van der Waals surface area contributed by atoms with Crippen molar-refractivity contribution in [2.24, 2.45) is 0 Å². The van der Waals surface area contributed by atoms with Crippen molar-refractivity contribution in [3.63, 3.8) is 0 Å². The van der Waals surface area contributed by atoms with Gasteiger partial charge in [-0.05, 0) is 222 Å². The fourth-order valence-electron chi connectivity index (χ4n) is 15.2. The zero-order valence-corrected chi connectivity index (χ0v) is 52.7. The van der Waals surface area contributed by atoms with Gasteiger partial charge in [-0.1, -0.05) is 172 Å². The quantitative estimate of drug-likeness (QED) is 0.160. The second-order valence-electron chi connectivity index (χ2n) is 31.1. The topological polar surface area (TPSA) is 22.9 Å². The number of anilines is 9. The average Bonchev–Trinajstić information content (AvgIpc) is 4.05. The molecule has 9 aromatic rings. The van der Waals surface area contributed by atoms with Crippen LogP contribution in [-0.4, -0.2) is 6.71 Å². The molecule has 0 fully saturated rings. The summed E-state index contributed by atoms with van der Waals surface area (Å²) < 4.78 is 6.77. The second-order valence-corrected chi connectivity index (χ2v) is 31.1. The molecule has 0 saturated heterocycles. The number of benzene rings is 8. The highest BCUT2D eigenvalue weighted by Crippen LogP contribution is 2.55. The summed E-state index contributed by atoms with van der Waals surface area (Å²) in [5, 5.41) is 2.26. The van der Waals surface area contributed by atoms with Crippen LogP contribution in [0.1, 0.15) is 187 Å². The fraction of sp³-hybridized carbons (Fsp3) is 0.377. The van der Waals surface area contributed by atoms with Gasteiger partial charge in [-0.25, -0.2) is 0 Å². The van der Waals surface area contributed by atoms with Crippen LogP contribution >= 0.6 is 0 Å². The van der Waals surface area contributed by atoms with E-state index < -0.39 is 0 Å². The van der Waals surface area contributed by atoms with Crippen molar-refractivity contribution in [3.8, 4) is 0 Å². The molecule has 0 N–H and O–H groups in total. The summed E-state index contributed by atoms with van der Waals surface area (Å²) in [7, 11) is 0. The molecule has 0 amide bonds. The first-order chi connectivity index (χ1) is 38.3. The molecule has 3 heterocycles. The lowest BCUT2D eigenvalue weighted by molar-refractivity contribution is 0.332. The molecule has 418 valence electrons. The van der Waals surface area contributed by atoms with E-state index in [1.54, 1.807) is 0 Å². The molecule has 2 aliphatic heterocycles. The van der Waals surface area contributed by atoms with Crippen molar-refractivity contribution in [3.05, 3.63) is 190 Å². The number of hydrogen-bond donors (Lipinski definition) is 0. The summed E-state index contributed by atoms with van der Waals surface area (Å²) in [5.74, 6) is 0. The Labute approximate surface area is 491 Å². The molecule has 0 spiro atoms. The molecule has 0 radical (unpaired) electrons. The highest BCUT2D eigenvalue weighted by Gasteiger charge is 2.49. The average molecular weight is 1080 g/mol. The fourth-order valence-corrected chi connectivity index (χ4v) is 15.2. The number of aryl methyl sites for hydroxylation is 2. The molecule has 1 aromatic heterocycles. The number of hydrogen-bond acceptors (Lipinski definition) is 4. The Kier molecular flexibility index (Phi) is 11.8. The Bertz CT molecular complexity index is 4050. The van der Waals surface area contributed by atoms with Crippen LogP contribution < -0.4 is 31.1 Å². The highest BCUT2D eigenvalue weighted by atomic mass is 16.3. The van der Waals surface area contributed by atoms with Gasteiger partial charge in [-0.15, -0.1) is 0 Å². The second kappa shape index (κ2) is 17.8. The van der Waals surface area contributed by atoms with E-state index in [2.05, 4.69) is 286 Å². The minimum absolute atomic E-state index is 0.00180. The maximum Gasteiger partial charge on any atom is 0.252 e. The Balaban J connectivity index is 1.11. The van der Waals surface area contributed by atoms with Crippen LogP contribution in [0.4, 0.5) is 51.2 Å². The van der Waals surface area contributed by atoms with Crippen LogP contribution in [0.5, 0.6) is 0 Å². The van der Waals surface area contributed by atoms with Crippen LogP contribution in [0.15, 0.2) is 144 Å². The van der Waals surface area contributed by atoms with E-state index in [0.717, 1.165) is 57.5 Å². The van der Waals surface area contributed by atoms with Gasteiger partial charge in [0.1, 0.15) is 11.2 Å². The van der Waals surface area contributed by atoms with Crippen LogP contribution in [-0.2, 0) is 37.9 Å². The van der Waals surface area contributed by atoms with E-state index in [4.69, 9.17) is 4.42 Å². The van der Waals surface area contributed by atoms with E-state index in [0.29, 0.717) is 0 Å². The van der Waals surface area contributed by atoms with Gasteiger partial charge < -0.3 is 19.1 Å². The van der Waals surface area contributed by atoms with Gasteiger partial charge in [0, 0.05) is 62.0 Å². The predicted molar refractivity (Wildman–Crippen MR) is 354 cm³/mol. The number of nitrogens with zero attached hydrogens (tertiary/aromatic N) is 3. The van der Waals surface area contributed by atoms with Crippen molar-refractivity contribution < 1.29 is 4.42 Å². The summed E-state index contributed by atoms with van der Waals surface area (Å²) in [6, 6.07) is 55.2. The van der Waals surface area contributed by atoms with Gasteiger partial charge in [0.2, 0.25) is 0 Å². The molecule has 13 rings (SSSR count). The van der Waals surface area contributed by atoms with Crippen molar-refractivity contribution in [2.75, 3.05) is 14.7 Å². The number of furan rings is 1. The van der Waals surface area contributed by atoms with Gasteiger partial charge in [0.15, 0.2) is 0 Å². The van der Waals surface area contributed by atoms with Gasteiger partial charge in [0.25, 0.3) is 6.71 Å². The molecule has 2 aliphatic carbocycles. The summed E-state index contributed by atoms with van der Waals surface area (Å²) in [6.45, 7) is 45.0. The predicted octanol–water partition coefficient (Wildman–Crippen LogP) is 20.0.